The summed E-state index contributed by atoms with van der Waals surface area (Å²) in [5, 5.41) is 23.4. The van der Waals surface area contributed by atoms with Gasteiger partial charge in [-0.25, -0.2) is 9.59 Å². The number of thioether (sulfide) groups is 1. The van der Waals surface area contributed by atoms with Crippen LogP contribution in [-0.2, 0) is 4.79 Å². The molecule has 3 rings (SSSR count). The Hall–Kier alpha value is -4.11. The van der Waals surface area contributed by atoms with Crippen molar-refractivity contribution in [2.75, 3.05) is 10.6 Å². The van der Waals surface area contributed by atoms with Crippen molar-refractivity contribution >= 4 is 46.9 Å². The summed E-state index contributed by atoms with van der Waals surface area (Å²) in [5.74, 6) is -3.52. The van der Waals surface area contributed by atoms with Crippen LogP contribution in [0.2, 0.25) is 0 Å². The van der Waals surface area contributed by atoms with Gasteiger partial charge in [0.25, 0.3) is 5.91 Å². The second-order valence-corrected chi connectivity index (χ2v) is 8.38. The zero-order valence-corrected chi connectivity index (χ0v) is 18.3. The number of amides is 2. The van der Waals surface area contributed by atoms with Gasteiger partial charge in [0.15, 0.2) is 0 Å². The highest BCUT2D eigenvalue weighted by molar-refractivity contribution is 8.00. The minimum absolute atomic E-state index is 0.144. The van der Waals surface area contributed by atoms with E-state index < -0.39 is 23.4 Å². The molecule has 3 aromatic carbocycles. The predicted octanol–water partition coefficient (Wildman–Crippen LogP) is 4.45. The molecule has 0 aliphatic rings. The van der Waals surface area contributed by atoms with Gasteiger partial charge in [-0.15, -0.1) is 11.8 Å². The Morgan fingerprint density at radius 1 is 0.758 bits per heavy atom. The molecule has 9 heteroatoms. The first-order valence-electron chi connectivity index (χ1n) is 9.79. The fourth-order valence-corrected chi connectivity index (χ4v) is 3.76. The molecule has 0 aliphatic heterocycles. The van der Waals surface area contributed by atoms with Gasteiger partial charge in [-0.3, -0.25) is 9.59 Å². The van der Waals surface area contributed by atoms with Gasteiger partial charge in [0, 0.05) is 16.3 Å². The quantitative estimate of drug-likeness (QED) is 0.362. The zero-order valence-electron chi connectivity index (χ0n) is 17.4. The number of hydrogen-bond donors (Lipinski definition) is 4. The van der Waals surface area contributed by atoms with Gasteiger partial charge in [0.2, 0.25) is 5.91 Å². The fourth-order valence-electron chi connectivity index (χ4n) is 2.89. The lowest BCUT2D eigenvalue weighted by atomic mass is 10.0. The molecule has 4 N–H and O–H groups in total. The Balaban J connectivity index is 1.64. The Morgan fingerprint density at radius 2 is 1.39 bits per heavy atom. The third-order valence-corrected chi connectivity index (χ3v) is 5.69. The molecule has 8 nitrogen and oxygen atoms in total. The first-order chi connectivity index (χ1) is 15.7. The average molecular weight is 464 g/mol. The topological polar surface area (TPSA) is 133 Å². The van der Waals surface area contributed by atoms with Crippen molar-refractivity contribution in [3.05, 3.63) is 89.5 Å². The molecule has 0 saturated carbocycles. The summed E-state index contributed by atoms with van der Waals surface area (Å²) >= 11 is 1.35. The van der Waals surface area contributed by atoms with E-state index in [-0.39, 0.29) is 22.3 Å². The summed E-state index contributed by atoms with van der Waals surface area (Å²) in [5.41, 5.74) is 0.347. The molecule has 0 heterocycles. The van der Waals surface area contributed by atoms with Crippen molar-refractivity contribution in [1.29, 1.82) is 0 Å². The average Bonchev–Trinajstić information content (AvgIpc) is 2.80. The van der Waals surface area contributed by atoms with Crippen molar-refractivity contribution in [3.63, 3.8) is 0 Å². The van der Waals surface area contributed by atoms with Crippen LogP contribution in [0.15, 0.2) is 77.7 Å². The highest BCUT2D eigenvalue weighted by Gasteiger charge is 2.19. The maximum Gasteiger partial charge on any atom is 0.336 e. The molecule has 2 amide bonds. The third-order valence-electron chi connectivity index (χ3n) is 4.58. The van der Waals surface area contributed by atoms with Gasteiger partial charge in [-0.2, -0.15) is 0 Å². The van der Waals surface area contributed by atoms with Gasteiger partial charge in [-0.1, -0.05) is 18.2 Å². The summed E-state index contributed by atoms with van der Waals surface area (Å²) in [6.07, 6.45) is 0. The van der Waals surface area contributed by atoms with Crippen LogP contribution in [0.5, 0.6) is 0 Å². The number of carboxylic acid groups (broad SMARTS) is 2. The minimum atomic E-state index is -1.40. The summed E-state index contributed by atoms with van der Waals surface area (Å²) in [7, 11) is 0. The van der Waals surface area contributed by atoms with Gasteiger partial charge in [0.05, 0.1) is 21.9 Å². The summed E-state index contributed by atoms with van der Waals surface area (Å²) in [6, 6.07) is 19.2. The number of carbonyl (C=O) groups excluding carboxylic acids is 2. The summed E-state index contributed by atoms with van der Waals surface area (Å²) in [4.78, 5) is 48.3. The molecule has 0 bridgehead atoms. The predicted molar refractivity (Wildman–Crippen MR) is 125 cm³/mol. The lowest BCUT2D eigenvalue weighted by molar-refractivity contribution is -0.115. The molecule has 0 saturated heterocycles. The number of hydrogen-bond acceptors (Lipinski definition) is 5. The Labute approximate surface area is 193 Å². The zero-order chi connectivity index (χ0) is 24.0. The minimum Gasteiger partial charge on any atom is -0.478 e. The first kappa shape index (κ1) is 23.6. The van der Waals surface area contributed by atoms with E-state index in [0.717, 1.165) is 11.0 Å². The maximum atomic E-state index is 12.6. The van der Waals surface area contributed by atoms with E-state index in [1.807, 2.05) is 18.2 Å². The lowest BCUT2D eigenvalue weighted by Crippen LogP contribution is -2.22. The molecule has 0 fully saturated rings. The largest absolute Gasteiger partial charge is 0.478 e. The van der Waals surface area contributed by atoms with Crippen molar-refractivity contribution in [2.45, 2.75) is 17.1 Å². The number of rotatable bonds is 8. The number of nitrogens with one attached hydrogen (secondary N) is 2. The van der Waals surface area contributed by atoms with Crippen LogP contribution < -0.4 is 10.6 Å². The molecular formula is C24H20N2O6S. The van der Waals surface area contributed by atoms with Crippen molar-refractivity contribution in [1.82, 2.24) is 0 Å². The highest BCUT2D eigenvalue weighted by atomic mass is 32.2. The van der Waals surface area contributed by atoms with E-state index in [1.54, 1.807) is 43.3 Å². The summed E-state index contributed by atoms with van der Waals surface area (Å²) < 4.78 is 0. The highest BCUT2D eigenvalue weighted by Crippen LogP contribution is 2.26. The van der Waals surface area contributed by atoms with E-state index in [1.165, 1.54) is 23.9 Å². The van der Waals surface area contributed by atoms with E-state index in [0.29, 0.717) is 11.4 Å². The molecule has 0 aromatic heterocycles. The van der Waals surface area contributed by atoms with Crippen LogP contribution in [0.25, 0.3) is 0 Å². The standard InChI is InChI=1S/C24H20N2O6S/c1-14(21(27)25-16-5-3-2-4-6-16)33-18-10-8-17(9-11-18)26-22(28)19-12-7-15(23(29)30)13-20(19)24(31)32/h2-14H,1H3,(H,25,27)(H,26,28)(H,29,30)(H,31,32). The third kappa shape index (κ3) is 6.20. The number of carbonyl (C=O) groups is 4. The molecule has 3 aromatic rings. The molecule has 1 atom stereocenters. The van der Waals surface area contributed by atoms with Crippen LogP contribution in [-0.4, -0.2) is 39.2 Å². The SMILES string of the molecule is CC(Sc1ccc(NC(=O)c2ccc(C(=O)O)cc2C(=O)O)cc1)C(=O)Nc1ccccc1. The van der Waals surface area contributed by atoms with Crippen molar-refractivity contribution in [3.8, 4) is 0 Å². The van der Waals surface area contributed by atoms with Gasteiger partial charge in [-0.05, 0) is 61.5 Å². The number of para-hydroxylation sites is 1. The number of aromatic carboxylic acids is 2. The Bertz CT molecular complexity index is 1200. The maximum absolute atomic E-state index is 12.6. The van der Waals surface area contributed by atoms with Crippen LogP contribution in [0.3, 0.4) is 0 Å². The van der Waals surface area contributed by atoms with E-state index >= 15 is 0 Å². The van der Waals surface area contributed by atoms with E-state index in [2.05, 4.69) is 10.6 Å². The second kappa shape index (κ2) is 10.5. The number of carboxylic acids is 2. The number of benzene rings is 3. The second-order valence-electron chi connectivity index (χ2n) is 6.96. The molecule has 33 heavy (non-hydrogen) atoms. The Morgan fingerprint density at radius 3 is 2.00 bits per heavy atom. The van der Waals surface area contributed by atoms with Crippen molar-refractivity contribution < 1.29 is 29.4 Å². The number of anilines is 2. The van der Waals surface area contributed by atoms with E-state index in [9.17, 15) is 24.3 Å². The Kier molecular flexibility index (Phi) is 7.47. The first-order valence-corrected chi connectivity index (χ1v) is 10.7. The molecule has 0 aliphatic carbocycles. The monoisotopic (exact) mass is 464 g/mol. The van der Waals surface area contributed by atoms with Gasteiger partial charge < -0.3 is 20.8 Å². The molecular weight excluding hydrogens is 444 g/mol. The van der Waals surface area contributed by atoms with Gasteiger partial charge >= 0.3 is 11.9 Å². The molecule has 168 valence electrons. The smallest absolute Gasteiger partial charge is 0.336 e. The molecule has 0 radical (unpaired) electrons. The molecule has 0 spiro atoms. The van der Waals surface area contributed by atoms with Crippen LogP contribution in [0, 0.1) is 0 Å². The van der Waals surface area contributed by atoms with Crippen LogP contribution >= 0.6 is 11.8 Å². The van der Waals surface area contributed by atoms with Gasteiger partial charge in [0.1, 0.15) is 0 Å². The van der Waals surface area contributed by atoms with Crippen molar-refractivity contribution in [2.24, 2.45) is 0 Å². The van der Waals surface area contributed by atoms with E-state index in [4.69, 9.17) is 5.11 Å². The van der Waals surface area contributed by atoms with Crippen LogP contribution in [0.1, 0.15) is 38.0 Å². The molecule has 1 unspecified atom stereocenters. The summed E-state index contributed by atoms with van der Waals surface area (Å²) in [6.45, 7) is 1.78. The normalized spacial score (nSPS) is 11.3. The fraction of sp³-hybridized carbons (Fsp3) is 0.0833. The lowest BCUT2D eigenvalue weighted by Gasteiger charge is -2.13. The van der Waals surface area contributed by atoms with Crippen LogP contribution in [0.4, 0.5) is 11.4 Å².